The fraction of sp³-hybridized carbons (Fsp3) is 0.174. The molecule has 5 rings (SSSR count). The number of Topliss-reactive ketones (excluding diaryl/α,β-unsaturated/α-hetero) is 1. The molecular weight excluding hydrogens is 324 g/mol. The van der Waals surface area contributed by atoms with Crippen molar-refractivity contribution in [2.45, 2.75) is 18.8 Å². The number of allylic oxidation sites excluding steroid dienone is 2. The van der Waals surface area contributed by atoms with E-state index < -0.39 is 0 Å². The summed E-state index contributed by atoms with van der Waals surface area (Å²) in [6.07, 6.45) is 1.21. The Morgan fingerprint density at radius 3 is 2.77 bits per heavy atom. The van der Waals surface area contributed by atoms with Crippen molar-refractivity contribution in [2.75, 3.05) is 7.11 Å². The number of rotatable bonds is 2. The number of hydrogen-bond acceptors (Lipinski definition) is 3. The number of ketones is 1. The predicted octanol–water partition coefficient (Wildman–Crippen LogP) is 4.99. The van der Waals surface area contributed by atoms with Gasteiger partial charge in [0.2, 0.25) is 0 Å². The second-order valence-electron chi connectivity index (χ2n) is 6.77. The first-order valence-electron chi connectivity index (χ1n) is 8.86. The molecule has 1 atom stereocenters. The molecule has 1 heterocycles. The van der Waals surface area contributed by atoms with Crippen molar-refractivity contribution >= 4 is 16.6 Å². The van der Waals surface area contributed by atoms with Crippen LogP contribution in [0.25, 0.3) is 10.8 Å². The molecule has 0 spiro atoms. The molecule has 1 unspecified atom stereocenters. The Morgan fingerprint density at radius 1 is 1.00 bits per heavy atom. The summed E-state index contributed by atoms with van der Waals surface area (Å²) in [5, 5.41) is 2.28. The smallest absolute Gasteiger partial charge is 0.163 e. The fourth-order valence-electron chi connectivity index (χ4n) is 4.17. The highest BCUT2D eigenvalue weighted by atomic mass is 16.5. The van der Waals surface area contributed by atoms with Crippen LogP contribution in [0.2, 0.25) is 0 Å². The summed E-state index contributed by atoms with van der Waals surface area (Å²) in [5.74, 6) is 2.54. The lowest BCUT2D eigenvalue weighted by Gasteiger charge is -2.29. The van der Waals surface area contributed by atoms with Crippen molar-refractivity contribution < 1.29 is 14.3 Å². The number of carbonyl (C=O) groups is 1. The third-order valence-corrected chi connectivity index (χ3v) is 5.35. The molecular formula is C23H18O3. The van der Waals surface area contributed by atoms with E-state index in [2.05, 4.69) is 24.3 Å². The van der Waals surface area contributed by atoms with Gasteiger partial charge in [-0.1, -0.05) is 42.5 Å². The van der Waals surface area contributed by atoms with Crippen molar-refractivity contribution in [1.82, 2.24) is 0 Å². The first-order valence-corrected chi connectivity index (χ1v) is 8.86. The quantitative estimate of drug-likeness (QED) is 0.658. The van der Waals surface area contributed by atoms with Crippen LogP contribution >= 0.6 is 0 Å². The number of carbonyl (C=O) groups excluding carboxylic acids is 1. The van der Waals surface area contributed by atoms with Gasteiger partial charge < -0.3 is 9.47 Å². The standard InChI is InChI=1S/C23H18O3/c1-25-16-7-4-6-15(13-16)21-22-17-8-3-2-5-14(17)9-11-19(22)26-20-12-10-18(24)23(20)21/h2-9,11,13,21H,10,12H2,1H3. The lowest BCUT2D eigenvalue weighted by atomic mass is 9.80. The van der Waals surface area contributed by atoms with Gasteiger partial charge in [0.1, 0.15) is 17.3 Å². The van der Waals surface area contributed by atoms with Crippen molar-refractivity contribution in [1.29, 1.82) is 0 Å². The lowest BCUT2D eigenvalue weighted by molar-refractivity contribution is -0.115. The molecule has 0 radical (unpaired) electrons. The molecule has 0 N–H and O–H groups in total. The summed E-state index contributed by atoms with van der Waals surface area (Å²) in [7, 11) is 1.66. The van der Waals surface area contributed by atoms with Crippen LogP contribution in [0.5, 0.6) is 11.5 Å². The van der Waals surface area contributed by atoms with Gasteiger partial charge in [0.05, 0.1) is 7.11 Å². The third kappa shape index (κ3) is 2.17. The zero-order chi connectivity index (χ0) is 17.7. The zero-order valence-electron chi connectivity index (χ0n) is 14.5. The van der Waals surface area contributed by atoms with Gasteiger partial charge in [-0.2, -0.15) is 0 Å². The molecule has 0 aromatic heterocycles. The van der Waals surface area contributed by atoms with Crippen LogP contribution in [0.4, 0.5) is 0 Å². The predicted molar refractivity (Wildman–Crippen MR) is 101 cm³/mol. The van der Waals surface area contributed by atoms with Crippen molar-refractivity contribution in [3.8, 4) is 11.5 Å². The monoisotopic (exact) mass is 342 g/mol. The SMILES string of the molecule is COc1cccc(C2C3=C(CCC3=O)Oc3ccc4ccccc4c32)c1. The van der Waals surface area contributed by atoms with E-state index in [1.807, 2.05) is 36.4 Å². The molecule has 26 heavy (non-hydrogen) atoms. The van der Waals surface area contributed by atoms with E-state index in [0.29, 0.717) is 12.8 Å². The Balaban J connectivity index is 1.82. The van der Waals surface area contributed by atoms with Gasteiger partial charge >= 0.3 is 0 Å². The number of hydrogen-bond donors (Lipinski definition) is 0. The molecule has 0 saturated carbocycles. The van der Waals surface area contributed by atoms with Gasteiger partial charge in [-0.25, -0.2) is 0 Å². The van der Waals surface area contributed by atoms with E-state index in [4.69, 9.17) is 9.47 Å². The Labute approximate surface area is 151 Å². The van der Waals surface area contributed by atoms with E-state index in [1.54, 1.807) is 7.11 Å². The molecule has 0 bridgehead atoms. The van der Waals surface area contributed by atoms with E-state index in [0.717, 1.165) is 44.7 Å². The van der Waals surface area contributed by atoms with Crippen LogP contribution in [0.15, 0.2) is 72.0 Å². The zero-order valence-corrected chi connectivity index (χ0v) is 14.5. The molecule has 3 aromatic rings. The average Bonchev–Trinajstić information content (AvgIpc) is 3.06. The van der Waals surface area contributed by atoms with Crippen molar-refractivity contribution in [2.24, 2.45) is 0 Å². The summed E-state index contributed by atoms with van der Waals surface area (Å²) in [6.45, 7) is 0. The first kappa shape index (κ1) is 15.2. The highest BCUT2D eigenvalue weighted by molar-refractivity contribution is 6.03. The summed E-state index contributed by atoms with van der Waals surface area (Å²) in [5.41, 5.74) is 2.94. The number of fused-ring (bicyclic) bond motifs is 3. The average molecular weight is 342 g/mol. The maximum absolute atomic E-state index is 12.7. The highest BCUT2D eigenvalue weighted by Gasteiger charge is 2.39. The summed E-state index contributed by atoms with van der Waals surface area (Å²) < 4.78 is 11.6. The summed E-state index contributed by atoms with van der Waals surface area (Å²) in [6, 6.07) is 20.4. The van der Waals surface area contributed by atoms with Crippen LogP contribution in [-0.2, 0) is 4.79 Å². The molecule has 0 amide bonds. The van der Waals surface area contributed by atoms with E-state index >= 15 is 0 Å². The Hall–Kier alpha value is -3.07. The summed E-state index contributed by atoms with van der Waals surface area (Å²) in [4.78, 5) is 12.7. The minimum atomic E-state index is -0.120. The number of ether oxygens (including phenoxy) is 2. The Bertz CT molecular complexity index is 1080. The van der Waals surface area contributed by atoms with E-state index in [-0.39, 0.29) is 11.7 Å². The van der Waals surface area contributed by atoms with Crippen LogP contribution in [0.1, 0.15) is 29.9 Å². The second kappa shape index (κ2) is 5.73. The van der Waals surface area contributed by atoms with Crippen LogP contribution in [-0.4, -0.2) is 12.9 Å². The highest BCUT2D eigenvalue weighted by Crippen LogP contribution is 2.50. The normalized spacial score (nSPS) is 18.5. The molecule has 3 heteroatoms. The van der Waals surface area contributed by atoms with Gasteiger partial charge in [-0.3, -0.25) is 4.79 Å². The maximum atomic E-state index is 12.7. The Kier molecular flexibility index (Phi) is 3.35. The number of methoxy groups -OCH3 is 1. The number of benzene rings is 3. The Morgan fingerprint density at radius 2 is 1.88 bits per heavy atom. The lowest BCUT2D eigenvalue weighted by Crippen LogP contribution is -2.18. The van der Waals surface area contributed by atoms with Crippen LogP contribution < -0.4 is 9.47 Å². The molecule has 0 saturated heterocycles. The first-order chi connectivity index (χ1) is 12.8. The minimum absolute atomic E-state index is 0.120. The molecule has 2 aliphatic rings. The molecule has 1 aliphatic carbocycles. The van der Waals surface area contributed by atoms with Gasteiger partial charge in [0, 0.05) is 29.9 Å². The third-order valence-electron chi connectivity index (χ3n) is 5.35. The minimum Gasteiger partial charge on any atom is -0.497 e. The fourth-order valence-corrected chi connectivity index (χ4v) is 4.17. The summed E-state index contributed by atoms with van der Waals surface area (Å²) >= 11 is 0. The largest absolute Gasteiger partial charge is 0.497 e. The van der Waals surface area contributed by atoms with Crippen molar-refractivity contribution in [3.63, 3.8) is 0 Å². The van der Waals surface area contributed by atoms with Crippen LogP contribution in [0, 0.1) is 0 Å². The molecule has 3 nitrogen and oxygen atoms in total. The molecule has 1 aliphatic heterocycles. The topological polar surface area (TPSA) is 35.5 Å². The molecule has 3 aromatic carbocycles. The van der Waals surface area contributed by atoms with E-state index in [1.165, 1.54) is 0 Å². The van der Waals surface area contributed by atoms with Crippen LogP contribution in [0.3, 0.4) is 0 Å². The maximum Gasteiger partial charge on any atom is 0.163 e. The second-order valence-corrected chi connectivity index (χ2v) is 6.77. The molecule has 0 fully saturated rings. The van der Waals surface area contributed by atoms with Gasteiger partial charge in [0.15, 0.2) is 5.78 Å². The van der Waals surface area contributed by atoms with Crippen molar-refractivity contribution in [3.05, 3.63) is 83.1 Å². The van der Waals surface area contributed by atoms with Gasteiger partial charge in [-0.05, 0) is 34.5 Å². The van der Waals surface area contributed by atoms with Gasteiger partial charge in [0.25, 0.3) is 0 Å². The van der Waals surface area contributed by atoms with E-state index in [9.17, 15) is 4.79 Å². The van der Waals surface area contributed by atoms with Gasteiger partial charge in [-0.15, -0.1) is 0 Å². The molecule has 128 valence electrons.